The van der Waals surface area contributed by atoms with Crippen molar-refractivity contribution >= 4 is 10.0 Å². The van der Waals surface area contributed by atoms with Crippen LogP contribution in [0, 0.1) is 0 Å². The molecule has 0 saturated carbocycles. The van der Waals surface area contributed by atoms with Gasteiger partial charge in [-0.1, -0.05) is 0 Å². The van der Waals surface area contributed by atoms with Gasteiger partial charge in [0.15, 0.2) is 0 Å². The first kappa shape index (κ1) is 25.8. The lowest BCUT2D eigenvalue weighted by molar-refractivity contribution is -0.143. The van der Waals surface area contributed by atoms with Crippen LogP contribution in [0.1, 0.15) is 25.0 Å². The fourth-order valence-electron chi connectivity index (χ4n) is 3.03. The van der Waals surface area contributed by atoms with Crippen LogP contribution in [-0.4, -0.2) is 74.3 Å². The van der Waals surface area contributed by atoms with Crippen molar-refractivity contribution in [1.82, 2.24) is 9.21 Å². The number of halogens is 6. The van der Waals surface area contributed by atoms with E-state index >= 15 is 0 Å². The van der Waals surface area contributed by atoms with Crippen molar-refractivity contribution in [3.05, 3.63) is 29.3 Å². The third-order valence-corrected chi connectivity index (χ3v) is 6.50. The maximum absolute atomic E-state index is 13.0. The Balaban J connectivity index is 2.16. The molecule has 2 rings (SSSR count). The maximum Gasteiger partial charge on any atom is 0.416 e. The molecule has 0 aromatic heterocycles. The molecule has 1 aliphatic rings. The van der Waals surface area contributed by atoms with Gasteiger partial charge in [-0.25, -0.2) is 8.42 Å². The number of nitrogens with zero attached hydrogens (tertiary/aromatic N) is 2. The van der Waals surface area contributed by atoms with E-state index in [0.717, 1.165) is 4.31 Å². The van der Waals surface area contributed by atoms with Crippen LogP contribution < -0.4 is 0 Å². The number of benzene rings is 1. The van der Waals surface area contributed by atoms with Crippen molar-refractivity contribution in [3.63, 3.8) is 0 Å². The summed E-state index contributed by atoms with van der Waals surface area (Å²) in [6, 6.07) is 0.311. The zero-order valence-electron chi connectivity index (χ0n) is 16.9. The summed E-state index contributed by atoms with van der Waals surface area (Å²) in [5.74, 6) is 0. The van der Waals surface area contributed by atoms with Crippen molar-refractivity contribution in [2.24, 2.45) is 0 Å². The second kappa shape index (κ2) is 9.61. The fraction of sp³-hybridized carbons (Fsp3) is 0.667. The van der Waals surface area contributed by atoms with Gasteiger partial charge in [-0.05, 0) is 32.0 Å². The standard InChI is InChI=1S/C18H24F6N2O4S/c1-12(2)30-11-15(27)10-25-3-5-26(6-4-25)31(28,29)16-8-13(17(19,20)21)7-14(9-16)18(22,23)24/h7-9,12,15,27H,3-6,10-11H2,1-2H3. The van der Waals surface area contributed by atoms with Crippen LogP contribution in [-0.2, 0) is 27.1 Å². The van der Waals surface area contributed by atoms with Gasteiger partial charge in [-0.3, -0.25) is 4.90 Å². The molecular formula is C18H24F6N2O4S. The second-order valence-corrected chi connectivity index (χ2v) is 9.42. The summed E-state index contributed by atoms with van der Waals surface area (Å²) in [6.07, 6.45) is -11.2. The predicted molar refractivity (Wildman–Crippen MR) is 98.7 cm³/mol. The molecule has 1 aliphatic heterocycles. The molecule has 0 radical (unpaired) electrons. The zero-order chi connectivity index (χ0) is 23.6. The quantitative estimate of drug-likeness (QED) is 0.611. The molecule has 1 N–H and O–H groups in total. The minimum absolute atomic E-state index is 0.0781. The smallest absolute Gasteiger partial charge is 0.389 e. The molecule has 31 heavy (non-hydrogen) atoms. The molecule has 0 spiro atoms. The Kier molecular flexibility index (Phi) is 8.01. The highest BCUT2D eigenvalue weighted by Crippen LogP contribution is 2.37. The number of hydrogen-bond donors (Lipinski definition) is 1. The van der Waals surface area contributed by atoms with Crippen LogP contribution >= 0.6 is 0 Å². The van der Waals surface area contributed by atoms with Gasteiger partial charge in [0.2, 0.25) is 10.0 Å². The van der Waals surface area contributed by atoms with Gasteiger partial charge in [-0.2, -0.15) is 30.6 Å². The molecule has 6 nitrogen and oxygen atoms in total. The van der Waals surface area contributed by atoms with Crippen molar-refractivity contribution in [3.8, 4) is 0 Å². The van der Waals surface area contributed by atoms with Crippen LogP contribution in [0.3, 0.4) is 0 Å². The van der Waals surface area contributed by atoms with Crippen LogP contribution in [0.5, 0.6) is 0 Å². The van der Waals surface area contributed by atoms with Gasteiger partial charge in [-0.15, -0.1) is 0 Å². The number of aliphatic hydroxyl groups is 1. The number of rotatable bonds is 7. The predicted octanol–water partition coefficient (Wildman–Crippen LogP) is 2.82. The summed E-state index contributed by atoms with van der Waals surface area (Å²) in [5.41, 5.74) is -3.37. The summed E-state index contributed by atoms with van der Waals surface area (Å²) < 4.78 is 110. The van der Waals surface area contributed by atoms with E-state index in [-0.39, 0.29) is 63.6 Å². The highest BCUT2D eigenvalue weighted by atomic mass is 32.2. The summed E-state index contributed by atoms with van der Waals surface area (Å²) in [4.78, 5) is 0.682. The Labute approximate surface area is 176 Å². The average molecular weight is 478 g/mol. The normalized spacial score (nSPS) is 18.5. The Morgan fingerprint density at radius 1 is 0.968 bits per heavy atom. The van der Waals surface area contributed by atoms with Crippen molar-refractivity contribution < 1.29 is 44.6 Å². The van der Waals surface area contributed by atoms with E-state index in [9.17, 15) is 39.9 Å². The Hall–Kier alpha value is -1.41. The maximum atomic E-state index is 13.0. The minimum Gasteiger partial charge on any atom is -0.389 e. The third-order valence-electron chi connectivity index (χ3n) is 4.62. The largest absolute Gasteiger partial charge is 0.416 e. The Bertz CT molecular complexity index is 817. The molecule has 0 aliphatic carbocycles. The van der Waals surface area contributed by atoms with E-state index in [1.54, 1.807) is 18.7 Å². The molecule has 0 bridgehead atoms. The lowest BCUT2D eigenvalue weighted by atomic mass is 10.1. The van der Waals surface area contributed by atoms with E-state index in [4.69, 9.17) is 4.74 Å². The van der Waals surface area contributed by atoms with Crippen LogP contribution in [0.2, 0.25) is 0 Å². The van der Waals surface area contributed by atoms with Gasteiger partial charge in [0.05, 0.1) is 34.8 Å². The highest BCUT2D eigenvalue weighted by molar-refractivity contribution is 7.89. The molecule has 0 amide bonds. The van der Waals surface area contributed by atoms with Crippen molar-refractivity contribution in [2.45, 2.75) is 43.3 Å². The van der Waals surface area contributed by atoms with Crippen LogP contribution in [0.4, 0.5) is 26.3 Å². The molecule has 1 fully saturated rings. The van der Waals surface area contributed by atoms with Crippen LogP contribution in [0.25, 0.3) is 0 Å². The number of aliphatic hydroxyl groups excluding tert-OH is 1. The van der Waals surface area contributed by atoms with Gasteiger partial charge in [0.25, 0.3) is 0 Å². The van der Waals surface area contributed by atoms with Gasteiger partial charge in [0, 0.05) is 32.7 Å². The fourth-order valence-corrected chi connectivity index (χ4v) is 4.53. The number of alkyl halides is 6. The molecule has 1 saturated heterocycles. The van der Waals surface area contributed by atoms with E-state index < -0.39 is 44.5 Å². The minimum atomic E-state index is -5.14. The molecule has 178 valence electrons. The highest BCUT2D eigenvalue weighted by Gasteiger charge is 2.39. The molecule has 1 atom stereocenters. The first-order valence-electron chi connectivity index (χ1n) is 9.42. The number of ether oxygens (including phenoxy) is 1. The molecule has 1 aromatic carbocycles. The van der Waals surface area contributed by atoms with E-state index in [1.165, 1.54) is 0 Å². The molecule has 1 unspecified atom stereocenters. The number of hydrogen-bond acceptors (Lipinski definition) is 5. The SMILES string of the molecule is CC(C)OCC(O)CN1CCN(S(=O)(=O)c2cc(C(F)(F)F)cc(C(F)(F)F)c2)CC1. The molecule has 13 heteroatoms. The van der Waals surface area contributed by atoms with Gasteiger partial charge >= 0.3 is 12.4 Å². The first-order chi connectivity index (χ1) is 14.1. The zero-order valence-corrected chi connectivity index (χ0v) is 17.7. The summed E-state index contributed by atoms with van der Waals surface area (Å²) in [7, 11) is -4.58. The van der Waals surface area contributed by atoms with E-state index in [2.05, 4.69) is 0 Å². The van der Waals surface area contributed by atoms with Gasteiger partial charge in [0.1, 0.15) is 0 Å². The summed E-state index contributed by atoms with van der Waals surface area (Å²) in [6.45, 7) is 3.91. The van der Waals surface area contributed by atoms with Crippen LogP contribution in [0.15, 0.2) is 23.1 Å². The second-order valence-electron chi connectivity index (χ2n) is 7.48. The summed E-state index contributed by atoms with van der Waals surface area (Å²) >= 11 is 0. The summed E-state index contributed by atoms with van der Waals surface area (Å²) in [5, 5.41) is 9.96. The van der Waals surface area contributed by atoms with Crippen molar-refractivity contribution in [1.29, 1.82) is 0 Å². The number of sulfonamides is 1. The molecule has 1 heterocycles. The monoisotopic (exact) mass is 478 g/mol. The average Bonchev–Trinajstić information content (AvgIpc) is 2.65. The Morgan fingerprint density at radius 2 is 1.45 bits per heavy atom. The topological polar surface area (TPSA) is 70.1 Å². The lowest BCUT2D eigenvalue weighted by Crippen LogP contribution is -2.50. The van der Waals surface area contributed by atoms with E-state index in [0.29, 0.717) is 0 Å². The lowest BCUT2D eigenvalue weighted by Gasteiger charge is -2.35. The van der Waals surface area contributed by atoms with Gasteiger partial charge < -0.3 is 9.84 Å². The molecular weight excluding hydrogens is 454 g/mol. The third kappa shape index (κ3) is 7.04. The van der Waals surface area contributed by atoms with E-state index in [1.807, 2.05) is 0 Å². The van der Waals surface area contributed by atoms with Crippen molar-refractivity contribution in [2.75, 3.05) is 39.3 Å². The number of β-amino-alcohol motifs (C(OH)–C–C–N with tert-alkyl or cyclic N) is 1. The Morgan fingerprint density at radius 3 is 1.87 bits per heavy atom. The first-order valence-corrected chi connectivity index (χ1v) is 10.9. The number of piperazine rings is 1. The molecule has 1 aromatic rings.